The summed E-state index contributed by atoms with van der Waals surface area (Å²) in [6.07, 6.45) is 3.25. The van der Waals surface area contributed by atoms with Crippen LogP contribution >= 0.6 is 0 Å². The number of quaternary nitrogens is 2. The molecule has 2 aromatic carbocycles. The maximum Gasteiger partial charge on any atom is 0.119 e. The highest BCUT2D eigenvalue weighted by molar-refractivity contribution is 5.87. The minimum atomic E-state index is -1.55. The van der Waals surface area contributed by atoms with Gasteiger partial charge in [-0.3, -0.25) is 0 Å². The fraction of sp³-hybridized carbons (Fsp3) is 0.556. The lowest BCUT2D eigenvalue weighted by Gasteiger charge is -2.45. The normalized spacial score (nSPS) is 31.5. The number of carboxylic acid groups (broad SMARTS) is 2. The molecule has 8 atom stereocenters. The maximum atomic E-state index is 9.41. The van der Waals surface area contributed by atoms with Gasteiger partial charge in [0.15, 0.2) is 0 Å². The van der Waals surface area contributed by atoms with Gasteiger partial charge in [-0.05, 0) is 61.4 Å². The van der Waals surface area contributed by atoms with Crippen LogP contribution in [0.25, 0.3) is 0 Å². The van der Waals surface area contributed by atoms with E-state index in [9.17, 15) is 19.8 Å². The van der Waals surface area contributed by atoms with E-state index >= 15 is 0 Å². The van der Waals surface area contributed by atoms with Crippen LogP contribution in [0.3, 0.4) is 0 Å². The van der Waals surface area contributed by atoms with Gasteiger partial charge in [-0.1, -0.05) is 52.0 Å². The largest absolute Gasteiger partial charge is 0.545 e. The molecule has 8 unspecified atom stereocenters. The molecule has 2 fully saturated rings. The maximum absolute atomic E-state index is 9.41. The Balaban J connectivity index is 0.000000248. The van der Waals surface area contributed by atoms with Crippen LogP contribution in [0.15, 0.2) is 60.7 Å². The van der Waals surface area contributed by atoms with Gasteiger partial charge in [0.25, 0.3) is 0 Å². The van der Waals surface area contributed by atoms with Crippen LogP contribution in [-0.4, -0.2) is 65.4 Å². The molecule has 8 heteroatoms. The van der Waals surface area contributed by atoms with E-state index in [-0.39, 0.29) is 10.8 Å². The van der Waals surface area contributed by atoms with Crippen LogP contribution < -0.4 is 29.5 Å². The third kappa shape index (κ3) is 9.57. The molecule has 0 aromatic heterocycles. The van der Waals surface area contributed by atoms with Crippen LogP contribution in [0.5, 0.6) is 11.5 Å². The molecule has 44 heavy (non-hydrogen) atoms. The summed E-state index contributed by atoms with van der Waals surface area (Å²) in [7, 11) is 8.11. The lowest BCUT2D eigenvalue weighted by Crippen LogP contribution is -3.15. The van der Waals surface area contributed by atoms with Crippen molar-refractivity contribution in [2.75, 3.05) is 41.4 Å². The molecule has 0 saturated carbocycles. The van der Waals surface area contributed by atoms with Crippen molar-refractivity contribution >= 4 is 11.9 Å². The number of carbonyl (C=O) groups is 2. The van der Waals surface area contributed by atoms with Crippen LogP contribution in [0, 0.1) is 11.8 Å². The molecular weight excluding hydrogens is 556 g/mol. The Morgan fingerprint density at radius 2 is 1.07 bits per heavy atom. The number of benzene rings is 2. The number of likely N-dealkylation sites (tertiary alicyclic amines) is 2. The zero-order valence-corrected chi connectivity index (χ0v) is 28.4. The first-order valence-electron chi connectivity index (χ1n) is 15.6. The molecule has 0 bridgehead atoms. The van der Waals surface area contributed by atoms with Crippen LogP contribution in [-0.2, 0) is 20.4 Å². The van der Waals surface area contributed by atoms with Crippen molar-refractivity contribution in [3.8, 4) is 11.5 Å². The zero-order valence-electron chi connectivity index (χ0n) is 28.4. The third-order valence-corrected chi connectivity index (χ3v) is 10.4. The summed E-state index contributed by atoms with van der Waals surface area (Å²) in [5.41, 5.74) is 3.39. The van der Waals surface area contributed by atoms with Crippen molar-refractivity contribution < 1.29 is 39.1 Å². The van der Waals surface area contributed by atoms with E-state index < -0.39 is 11.9 Å². The van der Waals surface area contributed by atoms with Gasteiger partial charge in [-0.25, -0.2) is 0 Å². The van der Waals surface area contributed by atoms with Gasteiger partial charge in [0.2, 0.25) is 0 Å². The number of methoxy groups -OCH3 is 2. The number of hydrogen-bond acceptors (Lipinski definition) is 6. The smallest absolute Gasteiger partial charge is 0.119 e. The average molecular weight is 611 g/mol. The van der Waals surface area contributed by atoms with Crippen LogP contribution in [0.2, 0.25) is 0 Å². The van der Waals surface area contributed by atoms with Crippen molar-refractivity contribution in [2.24, 2.45) is 11.8 Å². The summed E-state index contributed by atoms with van der Waals surface area (Å²) in [5.74, 6) is 0.240. The van der Waals surface area contributed by atoms with Gasteiger partial charge in [0.1, 0.15) is 11.5 Å². The summed E-state index contributed by atoms with van der Waals surface area (Å²) < 4.78 is 10.7. The van der Waals surface area contributed by atoms with Gasteiger partial charge >= 0.3 is 0 Å². The van der Waals surface area contributed by atoms with Gasteiger partial charge in [0.05, 0.1) is 65.4 Å². The SMILES string of the molecule is COc1cccc(C2(C)CC(C)[NH+](C)CC2C)c1.COc1cccc(C2(C)CC(C)[NH+](C)CC2C)c1.O=C([O-])/C=C\C(=O)[O-]. The van der Waals surface area contributed by atoms with E-state index in [1.54, 1.807) is 24.0 Å². The summed E-state index contributed by atoms with van der Waals surface area (Å²) in [5, 5.41) is 18.8. The number of aliphatic carboxylic acids is 2. The molecule has 2 aromatic rings. The number of carbonyl (C=O) groups excluding carboxylic acids is 2. The van der Waals surface area contributed by atoms with Gasteiger partial charge < -0.3 is 39.1 Å². The topological polar surface area (TPSA) is 108 Å². The quantitative estimate of drug-likeness (QED) is 0.470. The zero-order chi connectivity index (χ0) is 33.2. The minimum absolute atomic E-state index is 0.271. The van der Waals surface area contributed by atoms with Gasteiger partial charge in [0, 0.05) is 35.5 Å². The lowest BCUT2D eigenvalue weighted by molar-refractivity contribution is -0.915. The first-order valence-corrected chi connectivity index (χ1v) is 15.6. The van der Waals surface area contributed by atoms with E-state index in [1.807, 2.05) is 12.1 Å². The van der Waals surface area contributed by atoms with Crippen molar-refractivity contribution in [1.82, 2.24) is 0 Å². The highest BCUT2D eigenvalue weighted by Crippen LogP contribution is 2.40. The molecule has 0 spiro atoms. The Morgan fingerprint density at radius 3 is 1.36 bits per heavy atom. The second-order valence-electron chi connectivity index (χ2n) is 13.4. The van der Waals surface area contributed by atoms with Crippen molar-refractivity contribution in [2.45, 2.75) is 77.3 Å². The number of piperidine rings is 2. The Morgan fingerprint density at radius 1 is 0.727 bits per heavy atom. The fourth-order valence-corrected chi connectivity index (χ4v) is 6.74. The predicted molar refractivity (Wildman–Crippen MR) is 170 cm³/mol. The van der Waals surface area contributed by atoms with Crippen LogP contribution in [0.4, 0.5) is 0 Å². The summed E-state index contributed by atoms with van der Waals surface area (Å²) in [6.45, 7) is 16.8. The fourth-order valence-electron chi connectivity index (χ4n) is 6.74. The second-order valence-corrected chi connectivity index (χ2v) is 13.4. The highest BCUT2D eigenvalue weighted by atomic mass is 16.5. The number of rotatable bonds is 6. The molecule has 2 N–H and O–H groups in total. The van der Waals surface area contributed by atoms with Crippen molar-refractivity contribution in [3.63, 3.8) is 0 Å². The molecule has 2 aliphatic heterocycles. The summed E-state index contributed by atoms with van der Waals surface area (Å²) in [4.78, 5) is 22.1. The van der Waals surface area contributed by atoms with Gasteiger partial charge in [-0.2, -0.15) is 0 Å². The molecule has 2 saturated heterocycles. The lowest BCUT2D eigenvalue weighted by atomic mass is 9.66. The molecule has 0 aliphatic carbocycles. The van der Waals surface area contributed by atoms with E-state index in [1.165, 1.54) is 37.1 Å². The Kier molecular flexibility index (Phi) is 13.5. The van der Waals surface area contributed by atoms with Gasteiger partial charge in [-0.15, -0.1) is 0 Å². The monoisotopic (exact) mass is 610 g/mol. The number of ether oxygens (including phenoxy) is 2. The molecule has 2 aliphatic rings. The number of nitrogens with one attached hydrogen (secondary N) is 2. The summed E-state index contributed by atoms with van der Waals surface area (Å²) >= 11 is 0. The summed E-state index contributed by atoms with van der Waals surface area (Å²) in [6, 6.07) is 18.7. The molecule has 4 rings (SSSR count). The molecule has 0 radical (unpaired) electrons. The predicted octanol–water partition coefficient (Wildman–Crippen LogP) is 0.834. The van der Waals surface area contributed by atoms with Crippen LogP contribution in [0.1, 0.15) is 65.5 Å². The molecule has 8 nitrogen and oxygen atoms in total. The Labute approximate surface area is 264 Å². The first kappa shape index (κ1) is 36.8. The van der Waals surface area contributed by atoms with Crippen molar-refractivity contribution in [3.05, 3.63) is 71.8 Å². The Bertz CT molecular complexity index is 1170. The van der Waals surface area contributed by atoms with E-state index in [0.29, 0.717) is 24.0 Å². The second kappa shape index (κ2) is 16.1. The average Bonchev–Trinajstić information content (AvgIpc) is 2.99. The first-order chi connectivity index (χ1) is 20.6. The highest BCUT2D eigenvalue weighted by Gasteiger charge is 2.43. The standard InChI is InChI=1S/2C16H25NO.C4H4O4/c2*1-12-11-17(4)13(2)10-16(12,3)14-7-6-8-15(9-14)18-5;5-3(6)1-2-4(7)8/h2*6-9,12-13H,10-11H2,1-5H3;1-2H,(H,5,6)(H,7,8)/b;;2-1-. The Hall–Kier alpha value is -3.36. The number of hydrogen-bond donors (Lipinski definition) is 2. The van der Waals surface area contributed by atoms with E-state index in [4.69, 9.17) is 9.47 Å². The molecule has 2 heterocycles. The molecule has 244 valence electrons. The van der Waals surface area contributed by atoms with E-state index in [0.717, 1.165) is 23.6 Å². The molecule has 0 amide bonds. The minimum Gasteiger partial charge on any atom is -0.545 e. The molecular formula is C36H54N2O6. The van der Waals surface area contributed by atoms with Crippen molar-refractivity contribution in [1.29, 1.82) is 0 Å². The third-order valence-electron chi connectivity index (χ3n) is 10.4. The van der Waals surface area contributed by atoms with E-state index in [2.05, 4.69) is 92.0 Å². The number of carboxylic acids is 2.